The van der Waals surface area contributed by atoms with Crippen molar-refractivity contribution in [2.24, 2.45) is 0 Å². The summed E-state index contributed by atoms with van der Waals surface area (Å²) in [6.07, 6.45) is 0.995. The second kappa shape index (κ2) is 10.0. The van der Waals surface area contributed by atoms with Gasteiger partial charge in [-0.25, -0.2) is 0 Å². The topological polar surface area (TPSA) is 32.8 Å². The first kappa shape index (κ1) is 20.8. The van der Waals surface area contributed by atoms with Crippen LogP contribution in [0.25, 0.3) is 0 Å². The molecule has 0 aliphatic rings. The highest BCUT2D eigenvalue weighted by atomic mass is 19.3. The van der Waals surface area contributed by atoms with Gasteiger partial charge in [0.05, 0.1) is 6.54 Å². The van der Waals surface area contributed by atoms with Gasteiger partial charge in [0, 0.05) is 20.1 Å². The molecule has 0 aromatic heterocycles. The van der Waals surface area contributed by atoms with Crippen molar-refractivity contribution in [3.63, 3.8) is 0 Å². The lowest BCUT2D eigenvalue weighted by atomic mass is 10.1. The Morgan fingerprint density at radius 1 is 0.926 bits per heavy atom. The van der Waals surface area contributed by atoms with Crippen LogP contribution in [-0.4, -0.2) is 43.0 Å². The molecule has 0 heterocycles. The van der Waals surface area contributed by atoms with Gasteiger partial charge in [0.1, 0.15) is 5.75 Å². The van der Waals surface area contributed by atoms with Crippen molar-refractivity contribution in [2.75, 3.05) is 20.6 Å². The zero-order valence-electron chi connectivity index (χ0n) is 16.0. The molecule has 0 aliphatic carbocycles. The second-order valence-electron chi connectivity index (χ2n) is 6.61. The predicted molar refractivity (Wildman–Crippen MR) is 102 cm³/mol. The standard InChI is InChI=1S/C21H26F2N2O2/c1-4-16-5-7-18(8-6-16)14-25(3)20(26)15-24(2)13-17-9-11-19(12-10-17)27-21(22)23/h5-12,21H,4,13-15H2,1-3H3. The van der Waals surface area contributed by atoms with Crippen molar-refractivity contribution in [2.45, 2.75) is 33.0 Å². The van der Waals surface area contributed by atoms with Gasteiger partial charge in [-0.05, 0) is 42.3 Å². The molecule has 2 aromatic rings. The number of hydrogen-bond acceptors (Lipinski definition) is 3. The summed E-state index contributed by atoms with van der Waals surface area (Å²) in [4.78, 5) is 16.0. The molecule has 2 aromatic carbocycles. The van der Waals surface area contributed by atoms with Gasteiger partial charge in [0.2, 0.25) is 5.91 Å². The number of benzene rings is 2. The fraction of sp³-hybridized carbons (Fsp3) is 0.381. The highest BCUT2D eigenvalue weighted by Crippen LogP contribution is 2.16. The molecule has 0 saturated heterocycles. The van der Waals surface area contributed by atoms with Gasteiger partial charge in [0.25, 0.3) is 0 Å². The number of amides is 1. The first-order chi connectivity index (χ1) is 12.9. The van der Waals surface area contributed by atoms with E-state index in [-0.39, 0.29) is 18.2 Å². The summed E-state index contributed by atoms with van der Waals surface area (Å²) in [5.41, 5.74) is 3.29. The van der Waals surface area contributed by atoms with Crippen molar-refractivity contribution >= 4 is 5.91 Å². The average molecular weight is 376 g/mol. The number of aryl methyl sites for hydroxylation is 1. The molecule has 27 heavy (non-hydrogen) atoms. The Bertz CT molecular complexity index is 718. The summed E-state index contributed by atoms with van der Waals surface area (Å²) in [6.45, 7) is 0.666. The van der Waals surface area contributed by atoms with E-state index in [9.17, 15) is 13.6 Å². The Kier molecular flexibility index (Phi) is 7.73. The molecule has 6 heteroatoms. The maximum Gasteiger partial charge on any atom is 0.387 e. The van der Waals surface area contributed by atoms with Crippen LogP contribution in [0.5, 0.6) is 5.75 Å². The number of carbonyl (C=O) groups is 1. The van der Waals surface area contributed by atoms with Crippen LogP contribution in [-0.2, 0) is 24.3 Å². The molecule has 0 bridgehead atoms. The van der Waals surface area contributed by atoms with Crippen molar-refractivity contribution in [3.8, 4) is 5.75 Å². The Morgan fingerprint density at radius 3 is 2.00 bits per heavy atom. The van der Waals surface area contributed by atoms with E-state index >= 15 is 0 Å². The van der Waals surface area contributed by atoms with E-state index < -0.39 is 6.61 Å². The molecule has 146 valence electrons. The fourth-order valence-corrected chi connectivity index (χ4v) is 2.74. The first-order valence-electron chi connectivity index (χ1n) is 8.91. The fourth-order valence-electron chi connectivity index (χ4n) is 2.74. The van der Waals surface area contributed by atoms with Gasteiger partial charge in [-0.15, -0.1) is 0 Å². The quantitative estimate of drug-likeness (QED) is 0.665. The third kappa shape index (κ3) is 6.98. The van der Waals surface area contributed by atoms with Crippen LogP contribution in [0.2, 0.25) is 0 Å². The molecule has 0 unspecified atom stereocenters. The van der Waals surface area contributed by atoms with Gasteiger partial charge in [-0.1, -0.05) is 43.3 Å². The van der Waals surface area contributed by atoms with Crippen LogP contribution in [0.1, 0.15) is 23.6 Å². The Balaban J connectivity index is 1.82. The molecule has 0 atom stereocenters. The lowest BCUT2D eigenvalue weighted by Crippen LogP contribution is -2.36. The largest absolute Gasteiger partial charge is 0.435 e. The number of ether oxygens (including phenoxy) is 1. The molecule has 0 saturated carbocycles. The average Bonchev–Trinajstić information content (AvgIpc) is 2.63. The van der Waals surface area contributed by atoms with Crippen molar-refractivity contribution in [1.82, 2.24) is 9.80 Å². The van der Waals surface area contributed by atoms with Gasteiger partial charge in [-0.2, -0.15) is 8.78 Å². The second-order valence-corrected chi connectivity index (χ2v) is 6.61. The Labute approximate surface area is 159 Å². The Morgan fingerprint density at radius 2 is 1.44 bits per heavy atom. The number of hydrogen-bond donors (Lipinski definition) is 0. The van der Waals surface area contributed by atoms with Gasteiger partial charge < -0.3 is 9.64 Å². The van der Waals surface area contributed by atoms with Crippen LogP contribution in [0, 0.1) is 0 Å². The molecule has 0 N–H and O–H groups in total. The predicted octanol–water partition coefficient (Wildman–Crippen LogP) is 3.94. The molecule has 2 rings (SSSR count). The smallest absolute Gasteiger partial charge is 0.387 e. The van der Waals surface area contributed by atoms with Gasteiger partial charge in [0.15, 0.2) is 0 Å². The van der Waals surface area contributed by atoms with Crippen molar-refractivity contribution in [3.05, 3.63) is 65.2 Å². The molecule has 0 aliphatic heterocycles. The molecule has 1 amide bonds. The highest BCUT2D eigenvalue weighted by Gasteiger charge is 2.13. The minimum Gasteiger partial charge on any atom is -0.435 e. The van der Waals surface area contributed by atoms with E-state index in [4.69, 9.17) is 0 Å². The maximum absolute atomic E-state index is 12.4. The number of rotatable bonds is 9. The normalized spacial score (nSPS) is 11.1. The maximum atomic E-state index is 12.4. The summed E-state index contributed by atoms with van der Waals surface area (Å²) in [7, 11) is 3.64. The van der Waals surface area contributed by atoms with Crippen LogP contribution >= 0.6 is 0 Å². The number of nitrogens with zero attached hydrogens (tertiary/aromatic N) is 2. The highest BCUT2D eigenvalue weighted by molar-refractivity contribution is 5.77. The molecule has 0 fully saturated rings. The monoisotopic (exact) mass is 376 g/mol. The molecular weight excluding hydrogens is 350 g/mol. The number of alkyl halides is 2. The van der Waals surface area contributed by atoms with E-state index in [1.165, 1.54) is 17.7 Å². The van der Waals surface area contributed by atoms with E-state index in [1.807, 2.05) is 11.9 Å². The summed E-state index contributed by atoms with van der Waals surface area (Å²) in [5, 5.41) is 0. The third-order valence-electron chi connectivity index (χ3n) is 4.28. The SMILES string of the molecule is CCc1ccc(CN(C)C(=O)CN(C)Cc2ccc(OC(F)F)cc2)cc1. The summed E-state index contributed by atoms with van der Waals surface area (Å²) in [5.74, 6) is 0.149. The van der Waals surface area contributed by atoms with Crippen LogP contribution in [0.3, 0.4) is 0 Å². The minimum atomic E-state index is -2.83. The Hall–Kier alpha value is -2.47. The van der Waals surface area contributed by atoms with Crippen molar-refractivity contribution < 1.29 is 18.3 Å². The zero-order valence-corrected chi connectivity index (χ0v) is 16.0. The zero-order chi connectivity index (χ0) is 19.8. The minimum absolute atomic E-state index is 0.0229. The third-order valence-corrected chi connectivity index (χ3v) is 4.28. The molecular formula is C21H26F2N2O2. The summed E-state index contributed by atoms with van der Waals surface area (Å²) in [6, 6.07) is 14.7. The lowest BCUT2D eigenvalue weighted by Gasteiger charge is -2.22. The molecule has 4 nitrogen and oxygen atoms in total. The first-order valence-corrected chi connectivity index (χ1v) is 8.91. The van der Waals surface area contributed by atoms with Crippen LogP contribution in [0.15, 0.2) is 48.5 Å². The van der Waals surface area contributed by atoms with E-state index in [0.717, 1.165) is 17.5 Å². The number of halogens is 2. The van der Waals surface area contributed by atoms with Crippen molar-refractivity contribution in [1.29, 1.82) is 0 Å². The number of likely N-dealkylation sites (N-methyl/N-ethyl adjacent to an activating group) is 2. The van der Waals surface area contributed by atoms with Crippen LogP contribution in [0.4, 0.5) is 8.78 Å². The van der Waals surface area contributed by atoms with E-state index in [1.54, 1.807) is 24.1 Å². The van der Waals surface area contributed by atoms with E-state index in [0.29, 0.717) is 13.1 Å². The summed E-state index contributed by atoms with van der Waals surface area (Å²) < 4.78 is 28.7. The number of carbonyl (C=O) groups excluding carboxylic acids is 1. The van der Waals surface area contributed by atoms with Gasteiger partial charge >= 0.3 is 6.61 Å². The molecule has 0 radical (unpaired) electrons. The van der Waals surface area contributed by atoms with Gasteiger partial charge in [-0.3, -0.25) is 9.69 Å². The molecule has 0 spiro atoms. The summed E-state index contributed by atoms with van der Waals surface area (Å²) >= 11 is 0. The van der Waals surface area contributed by atoms with E-state index in [2.05, 4.69) is 35.9 Å². The van der Waals surface area contributed by atoms with Crippen LogP contribution < -0.4 is 4.74 Å². The lowest BCUT2D eigenvalue weighted by molar-refractivity contribution is -0.131.